The molecule has 0 spiro atoms. The normalized spacial score (nSPS) is 26.1. The molecule has 1 saturated heterocycles. The second kappa shape index (κ2) is 8.93. The third-order valence-electron chi connectivity index (χ3n) is 4.57. The van der Waals surface area contributed by atoms with Gasteiger partial charge in [0.05, 0.1) is 0 Å². The molecule has 0 radical (unpaired) electrons. The van der Waals surface area contributed by atoms with E-state index in [1.54, 1.807) is 0 Å². The number of thioether (sulfide) groups is 1. The average Bonchev–Trinajstić information content (AvgIpc) is 2.47. The summed E-state index contributed by atoms with van der Waals surface area (Å²) in [4.78, 5) is 12.0. The van der Waals surface area contributed by atoms with Gasteiger partial charge in [0.2, 0.25) is 5.91 Å². The number of hydrogen-bond donors (Lipinski definition) is 2. The molecule has 2 fully saturated rings. The van der Waals surface area contributed by atoms with Crippen molar-refractivity contribution in [2.24, 2.45) is 5.92 Å². The lowest BCUT2D eigenvalue weighted by molar-refractivity contribution is -0.122. The van der Waals surface area contributed by atoms with Crippen molar-refractivity contribution in [1.29, 1.82) is 0 Å². The van der Waals surface area contributed by atoms with Gasteiger partial charge in [-0.3, -0.25) is 4.79 Å². The topological polar surface area (TPSA) is 41.1 Å². The Hall–Kier alpha value is -0.220. The van der Waals surface area contributed by atoms with E-state index >= 15 is 0 Å². The van der Waals surface area contributed by atoms with Gasteiger partial charge in [0.15, 0.2) is 0 Å². The molecule has 0 bridgehead atoms. The second-order valence-corrected chi connectivity index (χ2v) is 7.63. The van der Waals surface area contributed by atoms with Crippen molar-refractivity contribution in [3.63, 3.8) is 0 Å². The first kappa shape index (κ1) is 16.2. The summed E-state index contributed by atoms with van der Waals surface area (Å²) in [5, 5.41) is 6.60. The summed E-state index contributed by atoms with van der Waals surface area (Å²) in [5.41, 5.74) is 0. The monoisotopic (exact) mass is 298 g/mol. The van der Waals surface area contributed by atoms with Crippen LogP contribution in [0.4, 0.5) is 0 Å². The molecule has 2 unspecified atom stereocenters. The quantitative estimate of drug-likeness (QED) is 0.792. The molecule has 4 heteroatoms. The van der Waals surface area contributed by atoms with E-state index in [1.165, 1.54) is 44.3 Å². The van der Waals surface area contributed by atoms with E-state index in [0.29, 0.717) is 18.5 Å². The molecule has 1 aliphatic heterocycles. The third-order valence-corrected chi connectivity index (χ3v) is 5.70. The van der Waals surface area contributed by atoms with E-state index in [1.807, 2.05) is 11.8 Å². The summed E-state index contributed by atoms with van der Waals surface area (Å²) in [6.45, 7) is 3.20. The van der Waals surface area contributed by atoms with Crippen LogP contribution < -0.4 is 10.6 Å². The summed E-state index contributed by atoms with van der Waals surface area (Å²) in [6, 6.07) is 0.708. The lowest BCUT2D eigenvalue weighted by atomic mass is 9.85. The highest BCUT2D eigenvalue weighted by molar-refractivity contribution is 7.99. The van der Waals surface area contributed by atoms with Gasteiger partial charge in [0, 0.05) is 36.6 Å². The number of hydrogen-bond acceptors (Lipinski definition) is 3. The molecule has 20 heavy (non-hydrogen) atoms. The minimum atomic E-state index is 0.223. The van der Waals surface area contributed by atoms with Gasteiger partial charge in [-0.2, -0.15) is 11.8 Å². The molecule has 2 rings (SSSR count). The van der Waals surface area contributed by atoms with E-state index in [9.17, 15) is 4.79 Å². The van der Waals surface area contributed by atoms with Crippen molar-refractivity contribution in [1.82, 2.24) is 10.6 Å². The minimum absolute atomic E-state index is 0.223. The highest BCUT2D eigenvalue weighted by Crippen LogP contribution is 2.27. The molecule has 3 nitrogen and oxygen atoms in total. The molecule has 2 aliphatic rings. The van der Waals surface area contributed by atoms with Crippen LogP contribution in [-0.2, 0) is 4.79 Å². The van der Waals surface area contributed by atoms with Gasteiger partial charge in [-0.15, -0.1) is 0 Å². The Morgan fingerprint density at radius 3 is 2.85 bits per heavy atom. The van der Waals surface area contributed by atoms with Crippen molar-refractivity contribution in [3.8, 4) is 0 Å². The van der Waals surface area contributed by atoms with Gasteiger partial charge in [-0.1, -0.05) is 32.1 Å². The van der Waals surface area contributed by atoms with E-state index in [4.69, 9.17) is 0 Å². The van der Waals surface area contributed by atoms with Gasteiger partial charge < -0.3 is 10.6 Å². The van der Waals surface area contributed by atoms with Gasteiger partial charge >= 0.3 is 0 Å². The minimum Gasteiger partial charge on any atom is -0.354 e. The Kier molecular flexibility index (Phi) is 7.22. The first-order valence-electron chi connectivity index (χ1n) is 8.34. The lowest BCUT2D eigenvalue weighted by Crippen LogP contribution is -2.43. The van der Waals surface area contributed by atoms with Crippen LogP contribution >= 0.6 is 11.8 Å². The molecule has 1 amide bonds. The number of amides is 1. The predicted molar refractivity (Wildman–Crippen MR) is 87.1 cm³/mol. The maximum atomic E-state index is 12.0. The first-order valence-corrected chi connectivity index (χ1v) is 9.50. The van der Waals surface area contributed by atoms with E-state index in [-0.39, 0.29) is 5.91 Å². The predicted octanol–water partition coefficient (Wildman–Crippen LogP) is 2.95. The Balaban J connectivity index is 1.57. The summed E-state index contributed by atoms with van der Waals surface area (Å²) in [7, 11) is 0. The van der Waals surface area contributed by atoms with Crippen molar-refractivity contribution in [3.05, 3.63) is 0 Å². The third kappa shape index (κ3) is 6.04. The van der Waals surface area contributed by atoms with E-state index in [0.717, 1.165) is 24.6 Å². The fraction of sp³-hybridized carbons (Fsp3) is 0.938. The number of carbonyl (C=O) groups excluding carboxylic acids is 1. The summed E-state index contributed by atoms with van der Waals surface area (Å²) in [6.07, 6.45) is 10.1. The maximum absolute atomic E-state index is 12.0. The van der Waals surface area contributed by atoms with E-state index in [2.05, 4.69) is 17.6 Å². The molecule has 0 aromatic carbocycles. The zero-order valence-corrected chi connectivity index (χ0v) is 13.6. The molecule has 2 atom stereocenters. The summed E-state index contributed by atoms with van der Waals surface area (Å²) in [5.74, 6) is 3.39. The van der Waals surface area contributed by atoms with Crippen molar-refractivity contribution >= 4 is 17.7 Å². The molecule has 1 heterocycles. The van der Waals surface area contributed by atoms with Crippen LogP contribution in [-0.4, -0.2) is 36.0 Å². The Labute approximate surface area is 128 Å². The van der Waals surface area contributed by atoms with Crippen molar-refractivity contribution < 1.29 is 4.79 Å². The zero-order chi connectivity index (χ0) is 14.2. The molecular weight excluding hydrogens is 268 g/mol. The lowest BCUT2D eigenvalue weighted by Gasteiger charge is -2.25. The van der Waals surface area contributed by atoms with Crippen LogP contribution in [0.2, 0.25) is 0 Å². The first-order chi connectivity index (χ1) is 9.74. The van der Waals surface area contributed by atoms with Crippen LogP contribution in [0.5, 0.6) is 0 Å². The Morgan fingerprint density at radius 1 is 1.35 bits per heavy atom. The van der Waals surface area contributed by atoms with Gasteiger partial charge in [-0.25, -0.2) is 0 Å². The molecule has 1 saturated carbocycles. The maximum Gasteiger partial charge on any atom is 0.221 e. The van der Waals surface area contributed by atoms with Crippen molar-refractivity contribution in [2.75, 3.05) is 18.1 Å². The van der Waals surface area contributed by atoms with Crippen molar-refractivity contribution in [2.45, 2.75) is 70.4 Å². The standard InChI is InChI=1S/C16H30N2OS/c1-13(7-8-14-5-3-2-4-6-14)18-16(19)11-15-12-20-10-9-17-15/h13-15,17H,2-12H2,1H3,(H,18,19). The van der Waals surface area contributed by atoms with Crippen LogP contribution in [0.1, 0.15) is 58.3 Å². The van der Waals surface area contributed by atoms with Gasteiger partial charge in [0.25, 0.3) is 0 Å². The second-order valence-electron chi connectivity index (χ2n) is 6.48. The Bertz CT molecular complexity index is 286. The number of nitrogens with one attached hydrogen (secondary N) is 2. The largest absolute Gasteiger partial charge is 0.354 e. The van der Waals surface area contributed by atoms with Gasteiger partial charge in [0.1, 0.15) is 0 Å². The SMILES string of the molecule is CC(CCC1CCCCC1)NC(=O)CC1CSCCN1. The number of carbonyl (C=O) groups is 1. The van der Waals surface area contributed by atoms with Gasteiger partial charge in [-0.05, 0) is 25.7 Å². The molecule has 0 aromatic rings. The molecule has 2 N–H and O–H groups in total. The average molecular weight is 298 g/mol. The number of rotatable bonds is 6. The molecular formula is C16H30N2OS. The van der Waals surface area contributed by atoms with Crippen LogP contribution in [0.3, 0.4) is 0 Å². The molecule has 1 aliphatic carbocycles. The fourth-order valence-corrected chi connectivity index (χ4v) is 4.29. The van der Waals surface area contributed by atoms with Crippen LogP contribution in [0, 0.1) is 5.92 Å². The Morgan fingerprint density at radius 2 is 2.15 bits per heavy atom. The summed E-state index contributed by atoms with van der Waals surface area (Å²) < 4.78 is 0. The smallest absolute Gasteiger partial charge is 0.221 e. The zero-order valence-electron chi connectivity index (χ0n) is 12.8. The van der Waals surface area contributed by atoms with E-state index < -0.39 is 0 Å². The highest BCUT2D eigenvalue weighted by atomic mass is 32.2. The van der Waals surface area contributed by atoms with Crippen LogP contribution in [0.25, 0.3) is 0 Å². The molecule has 0 aromatic heterocycles. The molecule has 116 valence electrons. The van der Waals surface area contributed by atoms with Crippen LogP contribution in [0.15, 0.2) is 0 Å². The fourth-order valence-electron chi connectivity index (χ4n) is 3.34. The highest BCUT2D eigenvalue weighted by Gasteiger charge is 2.19. The summed E-state index contributed by atoms with van der Waals surface area (Å²) >= 11 is 1.95.